The van der Waals surface area contributed by atoms with E-state index in [1.807, 2.05) is 60.7 Å². The lowest BCUT2D eigenvalue weighted by Crippen LogP contribution is -2.38. The van der Waals surface area contributed by atoms with Gasteiger partial charge >= 0.3 is 0 Å². The third-order valence-corrected chi connectivity index (χ3v) is 7.95. The average Bonchev–Trinajstić information content (AvgIpc) is 3.34. The number of fused-ring (bicyclic) bond motifs is 1. The SMILES string of the molecule is O=C1/C(=C/Nc2ccc(Oc3ccccc3)cc2)S(=O)(=O)N(Cc2ccccc2)c2ccsc21. The number of benzene rings is 3. The van der Waals surface area contributed by atoms with Gasteiger partial charge in [0.2, 0.25) is 5.78 Å². The van der Waals surface area contributed by atoms with Gasteiger partial charge in [-0.1, -0.05) is 48.5 Å². The van der Waals surface area contributed by atoms with Crippen LogP contribution in [-0.4, -0.2) is 14.2 Å². The van der Waals surface area contributed by atoms with E-state index in [9.17, 15) is 13.2 Å². The van der Waals surface area contributed by atoms with E-state index in [1.54, 1.807) is 35.7 Å². The normalized spacial score (nSPS) is 15.7. The zero-order valence-electron chi connectivity index (χ0n) is 17.9. The summed E-state index contributed by atoms with van der Waals surface area (Å²) >= 11 is 1.24. The van der Waals surface area contributed by atoms with E-state index in [0.717, 1.165) is 11.3 Å². The molecule has 0 aliphatic carbocycles. The van der Waals surface area contributed by atoms with Gasteiger partial charge in [-0.25, -0.2) is 8.42 Å². The van der Waals surface area contributed by atoms with E-state index in [1.165, 1.54) is 21.8 Å². The first-order valence-electron chi connectivity index (χ1n) is 10.5. The first-order valence-corrected chi connectivity index (χ1v) is 12.8. The molecule has 0 spiro atoms. The van der Waals surface area contributed by atoms with Gasteiger partial charge < -0.3 is 10.1 Å². The van der Waals surface area contributed by atoms with Gasteiger partial charge in [-0.2, -0.15) is 0 Å². The maximum absolute atomic E-state index is 13.4. The topological polar surface area (TPSA) is 75.7 Å². The number of thiophene rings is 1. The highest BCUT2D eigenvalue weighted by atomic mass is 32.2. The number of hydrogen-bond donors (Lipinski definition) is 1. The van der Waals surface area contributed by atoms with Gasteiger partial charge in [0.25, 0.3) is 10.0 Å². The highest BCUT2D eigenvalue weighted by molar-refractivity contribution is 7.97. The van der Waals surface area contributed by atoms with Gasteiger partial charge in [-0.15, -0.1) is 11.3 Å². The Hall–Kier alpha value is -3.88. The molecule has 0 amide bonds. The van der Waals surface area contributed by atoms with Crippen molar-refractivity contribution in [1.29, 1.82) is 0 Å². The summed E-state index contributed by atoms with van der Waals surface area (Å²) in [6, 6.07) is 27.4. The summed E-state index contributed by atoms with van der Waals surface area (Å²) in [5.41, 5.74) is 1.87. The summed E-state index contributed by atoms with van der Waals surface area (Å²) in [5, 5.41) is 4.69. The van der Waals surface area contributed by atoms with Gasteiger partial charge in [-0.3, -0.25) is 9.10 Å². The number of hydrogen-bond acceptors (Lipinski definition) is 6. The Morgan fingerprint density at radius 2 is 1.50 bits per heavy atom. The minimum Gasteiger partial charge on any atom is -0.457 e. The molecule has 0 saturated carbocycles. The Morgan fingerprint density at radius 3 is 2.21 bits per heavy atom. The number of ether oxygens (including phenoxy) is 1. The Morgan fingerprint density at radius 1 is 0.853 bits per heavy atom. The molecule has 0 unspecified atom stereocenters. The van der Waals surface area contributed by atoms with Crippen molar-refractivity contribution >= 4 is 38.5 Å². The van der Waals surface area contributed by atoms with Crippen molar-refractivity contribution in [3.05, 3.63) is 118 Å². The van der Waals surface area contributed by atoms with Gasteiger partial charge in [0, 0.05) is 11.9 Å². The van der Waals surface area contributed by atoms with Crippen LogP contribution in [0.4, 0.5) is 11.4 Å². The Balaban J connectivity index is 1.40. The lowest BCUT2D eigenvalue weighted by Gasteiger charge is -2.29. The van der Waals surface area contributed by atoms with Gasteiger partial charge in [0.05, 0.1) is 12.2 Å². The number of Topliss-reactive ketones (excluding diaryl/α,β-unsaturated/α-hetero) is 1. The molecule has 8 heteroatoms. The molecule has 34 heavy (non-hydrogen) atoms. The van der Waals surface area contributed by atoms with Crippen LogP contribution < -0.4 is 14.4 Å². The Bertz CT molecular complexity index is 1450. The number of para-hydroxylation sites is 1. The fraction of sp³-hybridized carbons (Fsp3) is 0.0385. The van der Waals surface area contributed by atoms with Crippen LogP contribution in [0, 0.1) is 0 Å². The number of ketones is 1. The van der Waals surface area contributed by atoms with Gasteiger partial charge in [0.15, 0.2) is 4.91 Å². The molecule has 1 aromatic heterocycles. The Kier molecular flexibility index (Phi) is 5.91. The number of anilines is 2. The van der Waals surface area contributed by atoms with Crippen molar-refractivity contribution in [2.45, 2.75) is 6.54 Å². The molecule has 0 radical (unpaired) electrons. The largest absolute Gasteiger partial charge is 0.457 e. The summed E-state index contributed by atoms with van der Waals surface area (Å²) in [7, 11) is -4.05. The molecule has 170 valence electrons. The fourth-order valence-electron chi connectivity index (χ4n) is 3.60. The van der Waals surface area contributed by atoms with Crippen LogP contribution in [-0.2, 0) is 16.6 Å². The molecule has 0 saturated heterocycles. The summed E-state index contributed by atoms with van der Waals surface area (Å²) in [4.78, 5) is 13.2. The van der Waals surface area contributed by atoms with Crippen LogP contribution in [0.1, 0.15) is 15.2 Å². The first kappa shape index (κ1) is 21.9. The number of carbonyl (C=O) groups excluding carboxylic acids is 1. The molecule has 0 atom stereocenters. The lowest BCUT2D eigenvalue weighted by atomic mass is 10.2. The molecule has 5 rings (SSSR count). The van der Waals surface area contributed by atoms with Gasteiger partial charge in [0.1, 0.15) is 16.4 Å². The first-order chi connectivity index (χ1) is 16.5. The minimum atomic E-state index is -4.05. The molecule has 2 heterocycles. The molecule has 3 aromatic carbocycles. The molecule has 1 aliphatic heterocycles. The number of carbonyl (C=O) groups is 1. The van der Waals surface area contributed by atoms with Crippen molar-refractivity contribution in [2.24, 2.45) is 0 Å². The van der Waals surface area contributed by atoms with Crippen LogP contribution in [0.3, 0.4) is 0 Å². The second-order valence-corrected chi connectivity index (χ2v) is 10.3. The second kappa shape index (κ2) is 9.17. The third-order valence-electron chi connectivity index (χ3n) is 5.28. The van der Waals surface area contributed by atoms with E-state index < -0.39 is 15.8 Å². The van der Waals surface area contributed by atoms with E-state index in [-0.39, 0.29) is 11.4 Å². The van der Waals surface area contributed by atoms with Crippen LogP contribution >= 0.6 is 11.3 Å². The van der Waals surface area contributed by atoms with Crippen molar-refractivity contribution in [2.75, 3.05) is 9.62 Å². The second-order valence-electron chi connectivity index (χ2n) is 7.55. The predicted octanol–water partition coefficient (Wildman–Crippen LogP) is 6.03. The minimum absolute atomic E-state index is 0.142. The third kappa shape index (κ3) is 4.33. The van der Waals surface area contributed by atoms with Gasteiger partial charge in [-0.05, 0) is 53.4 Å². The number of rotatable bonds is 6. The zero-order valence-corrected chi connectivity index (χ0v) is 19.6. The van der Waals surface area contributed by atoms with Crippen LogP contribution in [0.2, 0.25) is 0 Å². The maximum atomic E-state index is 13.4. The summed E-state index contributed by atoms with van der Waals surface area (Å²) < 4.78 is 34.0. The summed E-state index contributed by atoms with van der Waals surface area (Å²) in [6.07, 6.45) is 1.27. The quantitative estimate of drug-likeness (QED) is 0.336. The number of allylic oxidation sites excluding steroid dienone is 1. The van der Waals surface area contributed by atoms with Crippen molar-refractivity contribution < 1.29 is 17.9 Å². The smallest absolute Gasteiger partial charge is 0.270 e. The lowest BCUT2D eigenvalue weighted by molar-refractivity contribution is 0.104. The molecule has 4 aromatic rings. The molecular formula is C26H20N2O4S2. The molecule has 0 bridgehead atoms. The average molecular weight is 489 g/mol. The predicted molar refractivity (Wildman–Crippen MR) is 135 cm³/mol. The molecule has 1 N–H and O–H groups in total. The van der Waals surface area contributed by atoms with Crippen molar-refractivity contribution in [1.82, 2.24) is 0 Å². The van der Waals surface area contributed by atoms with Crippen LogP contribution in [0.25, 0.3) is 0 Å². The van der Waals surface area contributed by atoms with Crippen molar-refractivity contribution in [3.8, 4) is 11.5 Å². The van der Waals surface area contributed by atoms with E-state index >= 15 is 0 Å². The molecule has 6 nitrogen and oxygen atoms in total. The molecule has 0 fully saturated rings. The van der Waals surface area contributed by atoms with Crippen molar-refractivity contribution in [3.63, 3.8) is 0 Å². The van der Waals surface area contributed by atoms with Crippen LogP contribution in [0.5, 0.6) is 11.5 Å². The Labute approximate surface area is 201 Å². The van der Waals surface area contributed by atoms with E-state index in [4.69, 9.17) is 4.74 Å². The maximum Gasteiger partial charge on any atom is 0.270 e. The zero-order chi connectivity index (χ0) is 23.5. The standard InChI is InChI=1S/C26H20N2O4S2/c29-25-24(17-27-20-11-13-22(14-12-20)32-21-9-5-2-6-10-21)34(30,31)28(23-15-16-33-26(23)25)18-19-7-3-1-4-8-19/h1-17,27H,18H2/b24-17-. The molecule has 1 aliphatic rings. The molecular weight excluding hydrogens is 468 g/mol. The number of nitrogens with zero attached hydrogens (tertiary/aromatic N) is 1. The van der Waals surface area contributed by atoms with E-state index in [2.05, 4.69) is 5.32 Å². The monoisotopic (exact) mass is 488 g/mol. The highest BCUT2D eigenvalue weighted by Crippen LogP contribution is 2.39. The highest BCUT2D eigenvalue weighted by Gasteiger charge is 2.41. The van der Waals surface area contributed by atoms with Crippen LogP contribution in [0.15, 0.2) is 107 Å². The number of sulfonamides is 1. The summed E-state index contributed by atoms with van der Waals surface area (Å²) in [6.45, 7) is 0.142. The number of nitrogens with one attached hydrogen (secondary N) is 1. The fourth-order valence-corrected chi connectivity index (χ4v) is 6.08. The summed E-state index contributed by atoms with van der Waals surface area (Å²) in [5.74, 6) is 0.850. The van der Waals surface area contributed by atoms with E-state index in [0.29, 0.717) is 22.0 Å².